The van der Waals surface area contributed by atoms with Crippen molar-refractivity contribution in [3.63, 3.8) is 0 Å². The highest BCUT2D eigenvalue weighted by atomic mass is 16.6. The predicted molar refractivity (Wildman–Crippen MR) is 158 cm³/mol. The van der Waals surface area contributed by atoms with Gasteiger partial charge in [0.05, 0.1) is 0 Å². The summed E-state index contributed by atoms with van der Waals surface area (Å²) in [6, 6.07) is 13.8. The third-order valence-corrected chi connectivity index (χ3v) is 6.84. The molecule has 0 fully saturated rings. The molecule has 3 amide bonds. The summed E-state index contributed by atoms with van der Waals surface area (Å²) in [7, 11) is 0. The highest BCUT2D eigenvalue weighted by Crippen LogP contribution is 2.36. The predicted octanol–water partition coefficient (Wildman–Crippen LogP) is 5.89. The minimum atomic E-state index is -1.12. The number of benzene rings is 2. The second-order valence-electron chi connectivity index (χ2n) is 11.7. The summed E-state index contributed by atoms with van der Waals surface area (Å²) in [5, 5.41) is 16.6. The number of hydrogen-bond acceptors (Lipinski definition) is 5. The Bertz CT molecular complexity index is 1110. The molecular formula is C32H47N3O5. The molecule has 0 radical (unpaired) electrons. The Morgan fingerprint density at radius 1 is 0.925 bits per heavy atom. The van der Waals surface area contributed by atoms with Gasteiger partial charge in [0, 0.05) is 24.1 Å². The smallest absolute Gasteiger partial charge is 0.408 e. The molecule has 2 rings (SSSR count). The van der Waals surface area contributed by atoms with Crippen molar-refractivity contribution < 1.29 is 24.2 Å². The molecule has 0 saturated carbocycles. The van der Waals surface area contributed by atoms with Crippen molar-refractivity contribution in [3.05, 3.63) is 65.7 Å². The monoisotopic (exact) mass is 553 g/mol. The van der Waals surface area contributed by atoms with E-state index in [-0.39, 0.29) is 18.1 Å². The van der Waals surface area contributed by atoms with Crippen LogP contribution in [0, 0.1) is 0 Å². The van der Waals surface area contributed by atoms with Crippen molar-refractivity contribution in [2.24, 2.45) is 0 Å². The number of aromatic hydroxyl groups is 1. The number of phenolic OH excluding ortho intramolecular Hbond substituents is 1. The van der Waals surface area contributed by atoms with Gasteiger partial charge < -0.3 is 25.4 Å². The summed E-state index contributed by atoms with van der Waals surface area (Å²) in [5.74, 6) is -0.914. The lowest BCUT2D eigenvalue weighted by Gasteiger charge is -2.44. The lowest BCUT2D eigenvalue weighted by atomic mass is 9.90. The van der Waals surface area contributed by atoms with Gasteiger partial charge in [0.1, 0.15) is 23.4 Å². The number of nitrogens with zero attached hydrogens (tertiary/aromatic N) is 1. The number of nitrogens with one attached hydrogen (secondary N) is 2. The maximum Gasteiger partial charge on any atom is 0.408 e. The molecule has 0 bridgehead atoms. The van der Waals surface area contributed by atoms with E-state index in [0.29, 0.717) is 18.5 Å². The van der Waals surface area contributed by atoms with Gasteiger partial charge in [-0.3, -0.25) is 9.59 Å². The third-order valence-electron chi connectivity index (χ3n) is 6.84. The number of phenols is 1. The van der Waals surface area contributed by atoms with Gasteiger partial charge in [0.15, 0.2) is 0 Å². The van der Waals surface area contributed by atoms with Gasteiger partial charge in [-0.15, -0.1) is 0 Å². The summed E-state index contributed by atoms with van der Waals surface area (Å²) >= 11 is 0. The standard InChI is InChI=1S/C32H47N3O5/c1-8-10-16-21-33-28(37)27(24-19-14-15-20-26(24)36)35(32(6,7)9-2)29(38)25(22-23-17-12-11-13-18-23)34-30(39)40-31(3,4)5/h11-15,17-20,25,27,36H,8-10,16,21-22H2,1-7H3,(H,33,37)(H,34,39). The van der Waals surface area contributed by atoms with Gasteiger partial charge in [-0.25, -0.2) is 4.79 Å². The Hall–Kier alpha value is -3.55. The maximum atomic E-state index is 14.6. The minimum Gasteiger partial charge on any atom is -0.508 e. The van der Waals surface area contributed by atoms with Crippen molar-refractivity contribution in [1.29, 1.82) is 0 Å². The zero-order valence-corrected chi connectivity index (χ0v) is 25.1. The molecule has 220 valence electrons. The fourth-order valence-electron chi connectivity index (χ4n) is 4.41. The van der Waals surface area contributed by atoms with Gasteiger partial charge in [0.2, 0.25) is 11.8 Å². The SMILES string of the molecule is CCCCCNC(=O)C(c1ccccc1O)N(C(=O)C(Cc1ccccc1)NC(=O)OC(C)(C)C)C(C)(C)CC. The van der Waals surface area contributed by atoms with E-state index < -0.39 is 35.2 Å². The van der Waals surface area contributed by atoms with E-state index in [4.69, 9.17) is 4.74 Å². The first-order valence-corrected chi connectivity index (χ1v) is 14.2. The van der Waals surface area contributed by atoms with Crippen LogP contribution in [0.15, 0.2) is 54.6 Å². The van der Waals surface area contributed by atoms with E-state index in [2.05, 4.69) is 17.6 Å². The van der Waals surface area contributed by atoms with Crippen LogP contribution in [0.25, 0.3) is 0 Å². The minimum absolute atomic E-state index is 0.0828. The van der Waals surface area contributed by atoms with E-state index in [1.165, 1.54) is 11.0 Å². The van der Waals surface area contributed by atoms with Crippen molar-refractivity contribution in [3.8, 4) is 5.75 Å². The summed E-state index contributed by atoms with van der Waals surface area (Å²) in [5.41, 5.74) is -0.408. The highest BCUT2D eigenvalue weighted by molar-refractivity contribution is 5.93. The van der Waals surface area contributed by atoms with E-state index in [1.807, 2.05) is 51.1 Å². The normalized spacial score (nSPS) is 13.2. The molecule has 0 heterocycles. The maximum absolute atomic E-state index is 14.6. The fraction of sp³-hybridized carbons (Fsp3) is 0.531. The number of carbonyl (C=O) groups is 3. The van der Waals surface area contributed by atoms with Gasteiger partial charge in [-0.05, 0) is 59.1 Å². The zero-order chi connectivity index (χ0) is 29.9. The van der Waals surface area contributed by atoms with Gasteiger partial charge in [-0.1, -0.05) is 75.2 Å². The molecule has 2 aromatic carbocycles. The zero-order valence-electron chi connectivity index (χ0n) is 25.1. The van der Waals surface area contributed by atoms with Crippen molar-refractivity contribution in [2.45, 2.75) is 104 Å². The molecular weight excluding hydrogens is 506 g/mol. The summed E-state index contributed by atoms with van der Waals surface area (Å²) < 4.78 is 5.50. The van der Waals surface area contributed by atoms with Crippen LogP contribution in [0.3, 0.4) is 0 Å². The van der Waals surface area contributed by atoms with Gasteiger partial charge in [-0.2, -0.15) is 0 Å². The van der Waals surface area contributed by atoms with Crippen LogP contribution < -0.4 is 10.6 Å². The van der Waals surface area contributed by atoms with Crippen LogP contribution in [-0.2, 0) is 20.7 Å². The molecule has 0 aliphatic heterocycles. The third kappa shape index (κ3) is 9.57. The van der Waals surface area contributed by atoms with Crippen LogP contribution in [0.4, 0.5) is 4.79 Å². The summed E-state index contributed by atoms with van der Waals surface area (Å²) in [6.45, 7) is 13.5. The Morgan fingerprint density at radius 2 is 1.55 bits per heavy atom. The molecule has 0 aliphatic carbocycles. The first-order chi connectivity index (χ1) is 18.8. The summed E-state index contributed by atoms with van der Waals surface area (Å²) in [6.07, 6.45) is 2.77. The lowest BCUT2D eigenvalue weighted by Crippen LogP contribution is -2.59. The number of unbranched alkanes of at least 4 members (excludes halogenated alkanes) is 2. The number of carbonyl (C=O) groups excluding carboxylic acids is 3. The molecule has 8 nitrogen and oxygen atoms in total. The van der Waals surface area contributed by atoms with Crippen LogP contribution in [-0.4, -0.2) is 51.6 Å². The molecule has 0 saturated heterocycles. The number of alkyl carbamates (subject to hydrolysis) is 1. The molecule has 0 aromatic heterocycles. The van der Waals surface area contributed by atoms with Crippen LogP contribution in [0.5, 0.6) is 5.75 Å². The average molecular weight is 554 g/mol. The molecule has 3 N–H and O–H groups in total. The second kappa shape index (κ2) is 14.7. The van der Waals surface area contributed by atoms with Gasteiger partial charge >= 0.3 is 6.09 Å². The van der Waals surface area contributed by atoms with Crippen LogP contribution in [0.2, 0.25) is 0 Å². The number of rotatable bonds is 13. The molecule has 2 aromatic rings. The number of amides is 3. The van der Waals surface area contributed by atoms with E-state index >= 15 is 0 Å². The Morgan fingerprint density at radius 3 is 2.12 bits per heavy atom. The van der Waals surface area contributed by atoms with E-state index in [0.717, 1.165) is 24.8 Å². The highest BCUT2D eigenvalue weighted by Gasteiger charge is 2.43. The lowest BCUT2D eigenvalue weighted by molar-refractivity contribution is -0.149. The molecule has 40 heavy (non-hydrogen) atoms. The average Bonchev–Trinajstić information content (AvgIpc) is 2.89. The Labute approximate surface area is 239 Å². The molecule has 0 aliphatic rings. The molecule has 0 spiro atoms. The van der Waals surface area contributed by atoms with Crippen molar-refractivity contribution >= 4 is 17.9 Å². The number of ether oxygens (including phenoxy) is 1. The molecule has 2 unspecified atom stereocenters. The topological polar surface area (TPSA) is 108 Å². The van der Waals surface area contributed by atoms with E-state index in [9.17, 15) is 19.5 Å². The molecule has 2 atom stereocenters. The number of para-hydroxylation sites is 1. The first-order valence-electron chi connectivity index (χ1n) is 14.2. The second-order valence-corrected chi connectivity index (χ2v) is 11.7. The first kappa shape index (κ1) is 32.7. The van der Waals surface area contributed by atoms with E-state index in [1.54, 1.807) is 39.0 Å². The molecule has 8 heteroatoms. The van der Waals surface area contributed by atoms with Crippen molar-refractivity contribution in [2.75, 3.05) is 6.54 Å². The van der Waals surface area contributed by atoms with Gasteiger partial charge in [0.25, 0.3) is 0 Å². The fourth-order valence-corrected chi connectivity index (χ4v) is 4.41. The summed E-state index contributed by atoms with van der Waals surface area (Å²) in [4.78, 5) is 42.8. The van der Waals surface area contributed by atoms with Crippen LogP contribution in [0.1, 0.15) is 91.3 Å². The largest absolute Gasteiger partial charge is 0.508 e. The Kier molecular flexibility index (Phi) is 12.0. The van der Waals surface area contributed by atoms with Crippen LogP contribution >= 0.6 is 0 Å². The number of hydrogen-bond donors (Lipinski definition) is 3. The quantitative estimate of drug-likeness (QED) is 0.268. The van der Waals surface area contributed by atoms with Crippen molar-refractivity contribution in [1.82, 2.24) is 15.5 Å². The Balaban J connectivity index is 2.61.